The standard InChI is InChI=1S/C18H23BrN2O5S/c1-21(2)9-10-26-17-11-13(5-7-15(17)19)20-27(22,23)18-12-14(24-3)6-8-16(18)25-4/h5-8,11-12,20H,9-10H2,1-4H3. The molecule has 27 heavy (non-hydrogen) atoms. The van der Waals surface area contributed by atoms with Gasteiger partial charge in [-0.3, -0.25) is 4.72 Å². The van der Waals surface area contributed by atoms with Gasteiger partial charge in [0.1, 0.15) is 28.8 Å². The minimum atomic E-state index is -3.89. The molecule has 0 atom stereocenters. The zero-order valence-corrected chi connectivity index (χ0v) is 18.1. The molecule has 0 radical (unpaired) electrons. The van der Waals surface area contributed by atoms with Gasteiger partial charge >= 0.3 is 0 Å². The van der Waals surface area contributed by atoms with Gasteiger partial charge in [-0.25, -0.2) is 8.42 Å². The van der Waals surface area contributed by atoms with E-state index in [0.29, 0.717) is 23.8 Å². The molecule has 9 heteroatoms. The molecule has 2 aromatic rings. The second-order valence-corrected chi connectivity index (χ2v) is 8.42. The lowest BCUT2D eigenvalue weighted by molar-refractivity contribution is 0.260. The van der Waals surface area contributed by atoms with E-state index in [-0.39, 0.29) is 10.6 Å². The molecule has 1 N–H and O–H groups in total. The number of halogens is 1. The Labute approximate surface area is 168 Å². The minimum Gasteiger partial charge on any atom is -0.497 e. The molecule has 0 amide bonds. The Bertz CT molecular complexity index is 887. The van der Waals surface area contributed by atoms with Crippen LogP contribution in [0.15, 0.2) is 45.8 Å². The highest BCUT2D eigenvalue weighted by Gasteiger charge is 2.21. The van der Waals surface area contributed by atoms with E-state index >= 15 is 0 Å². The lowest BCUT2D eigenvalue weighted by Crippen LogP contribution is -2.19. The molecule has 2 aromatic carbocycles. The maximum Gasteiger partial charge on any atom is 0.265 e. The van der Waals surface area contributed by atoms with Crippen molar-refractivity contribution < 1.29 is 22.6 Å². The van der Waals surface area contributed by atoms with E-state index in [1.165, 1.54) is 20.3 Å². The van der Waals surface area contributed by atoms with E-state index in [4.69, 9.17) is 14.2 Å². The van der Waals surface area contributed by atoms with Crippen molar-refractivity contribution in [3.8, 4) is 17.2 Å². The van der Waals surface area contributed by atoms with Gasteiger partial charge < -0.3 is 19.1 Å². The Morgan fingerprint density at radius 2 is 1.78 bits per heavy atom. The molecule has 148 valence electrons. The zero-order valence-electron chi connectivity index (χ0n) is 15.7. The van der Waals surface area contributed by atoms with Crippen LogP contribution in [0.5, 0.6) is 17.2 Å². The van der Waals surface area contributed by atoms with Crippen molar-refractivity contribution in [1.82, 2.24) is 4.90 Å². The van der Waals surface area contributed by atoms with E-state index in [0.717, 1.165) is 11.0 Å². The second kappa shape index (κ2) is 9.29. The fraction of sp³-hybridized carbons (Fsp3) is 0.333. The summed E-state index contributed by atoms with van der Waals surface area (Å²) in [4.78, 5) is 1.98. The van der Waals surface area contributed by atoms with Gasteiger partial charge in [0, 0.05) is 18.7 Å². The SMILES string of the molecule is COc1ccc(OC)c(S(=O)(=O)Nc2ccc(Br)c(OCCN(C)C)c2)c1. The Hall–Kier alpha value is -1.97. The molecule has 0 unspecified atom stereocenters. The van der Waals surface area contributed by atoms with Gasteiger partial charge in [-0.05, 0) is 54.3 Å². The van der Waals surface area contributed by atoms with Crippen LogP contribution < -0.4 is 18.9 Å². The molecule has 0 aliphatic carbocycles. The summed E-state index contributed by atoms with van der Waals surface area (Å²) in [6.07, 6.45) is 0. The first kappa shape index (κ1) is 21.3. The van der Waals surface area contributed by atoms with Crippen LogP contribution in [0, 0.1) is 0 Å². The fourth-order valence-corrected chi connectivity index (χ4v) is 3.82. The molecular formula is C18H23BrN2O5S. The molecule has 0 saturated carbocycles. The maximum atomic E-state index is 12.8. The number of ether oxygens (including phenoxy) is 3. The monoisotopic (exact) mass is 458 g/mol. The van der Waals surface area contributed by atoms with Crippen LogP contribution in [-0.2, 0) is 10.0 Å². The fourth-order valence-electron chi connectivity index (χ4n) is 2.22. The Morgan fingerprint density at radius 3 is 2.41 bits per heavy atom. The van der Waals surface area contributed by atoms with Crippen molar-refractivity contribution in [2.75, 3.05) is 46.2 Å². The number of methoxy groups -OCH3 is 2. The lowest BCUT2D eigenvalue weighted by atomic mass is 10.3. The summed E-state index contributed by atoms with van der Waals surface area (Å²) in [7, 11) is 2.90. The molecule has 0 heterocycles. The number of likely N-dealkylation sites (N-methyl/N-ethyl adjacent to an activating group) is 1. The van der Waals surface area contributed by atoms with Crippen molar-refractivity contribution in [3.05, 3.63) is 40.9 Å². The smallest absolute Gasteiger partial charge is 0.265 e. The first-order chi connectivity index (χ1) is 12.8. The summed E-state index contributed by atoms with van der Waals surface area (Å²) in [5.41, 5.74) is 0.378. The normalized spacial score (nSPS) is 11.3. The third-order valence-corrected chi connectivity index (χ3v) is 5.70. The first-order valence-corrected chi connectivity index (χ1v) is 10.4. The maximum absolute atomic E-state index is 12.8. The summed E-state index contributed by atoms with van der Waals surface area (Å²) in [5, 5.41) is 0. The summed E-state index contributed by atoms with van der Waals surface area (Å²) < 4.78 is 45.0. The van der Waals surface area contributed by atoms with Crippen molar-refractivity contribution in [2.45, 2.75) is 4.90 Å². The molecule has 0 aromatic heterocycles. The van der Waals surface area contributed by atoms with Crippen molar-refractivity contribution >= 4 is 31.6 Å². The predicted octanol–water partition coefficient (Wildman–Crippen LogP) is 3.21. The average Bonchev–Trinajstić information content (AvgIpc) is 2.63. The third kappa shape index (κ3) is 5.75. The molecule has 0 fully saturated rings. The van der Waals surface area contributed by atoms with Gasteiger partial charge in [-0.2, -0.15) is 0 Å². The van der Waals surface area contributed by atoms with Crippen LogP contribution in [0.4, 0.5) is 5.69 Å². The Kier molecular flexibility index (Phi) is 7.34. The van der Waals surface area contributed by atoms with Crippen molar-refractivity contribution in [2.24, 2.45) is 0 Å². The first-order valence-electron chi connectivity index (χ1n) is 8.08. The van der Waals surface area contributed by atoms with E-state index in [1.807, 2.05) is 19.0 Å². The highest BCUT2D eigenvalue weighted by atomic mass is 79.9. The average molecular weight is 459 g/mol. The van der Waals surface area contributed by atoms with Gasteiger partial charge in [0.2, 0.25) is 0 Å². The molecule has 7 nitrogen and oxygen atoms in total. The lowest BCUT2D eigenvalue weighted by Gasteiger charge is -2.15. The number of benzene rings is 2. The molecule has 0 bridgehead atoms. The predicted molar refractivity (Wildman–Crippen MR) is 109 cm³/mol. The van der Waals surface area contributed by atoms with E-state index in [2.05, 4.69) is 20.7 Å². The molecule has 0 aliphatic heterocycles. The second-order valence-electron chi connectivity index (χ2n) is 5.92. The summed E-state index contributed by atoms with van der Waals surface area (Å²) in [6.45, 7) is 1.22. The number of nitrogens with zero attached hydrogens (tertiary/aromatic N) is 1. The van der Waals surface area contributed by atoms with Crippen LogP contribution >= 0.6 is 15.9 Å². The van der Waals surface area contributed by atoms with Gasteiger partial charge in [-0.15, -0.1) is 0 Å². The summed E-state index contributed by atoms with van der Waals surface area (Å²) in [5.74, 6) is 1.19. The van der Waals surface area contributed by atoms with Crippen LogP contribution in [0.2, 0.25) is 0 Å². The number of anilines is 1. The van der Waals surface area contributed by atoms with Gasteiger partial charge in [-0.1, -0.05) is 0 Å². The molecule has 0 aliphatic rings. The van der Waals surface area contributed by atoms with Crippen LogP contribution in [0.3, 0.4) is 0 Å². The van der Waals surface area contributed by atoms with Gasteiger partial charge in [0.05, 0.1) is 24.4 Å². The largest absolute Gasteiger partial charge is 0.497 e. The van der Waals surface area contributed by atoms with E-state index in [1.54, 1.807) is 30.3 Å². The third-order valence-electron chi connectivity index (χ3n) is 3.64. The Morgan fingerprint density at radius 1 is 1.04 bits per heavy atom. The van der Waals surface area contributed by atoms with Gasteiger partial charge in [0.15, 0.2) is 0 Å². The van der Waals surface area contributed by atoms with Crippen LogP contribution in [-0.4, -0.2) is 54.8 Å². The zero-order chi connectivity index (χ0) is 20.0. The van der Waals surface area contributed by atoms with Crippen LogP contribution in [0.25, 0.3) is 0 Å². The van der Waals surface area contributed by atoms with Crippen molar-refractivity contribution in [1.29, 1.82) is 0 Å². The van der Waals surface area contributed by atoms with Gasteiger partial charge in [0.25, 0.3) is 10.0 Å². The highest BCUT2D eigenvalue weighted by molar-refractivity contribution is 9.10. The number of nitrogens with one attached hydrogen (secondary N) is 1. The van der Waals surface area contributed by atoms with E-state index in [9.17, 15) is 8.42 Å². The number of hydrogen-bond donors (Lipinski definition) is 1. The van der Waals surface area contributed by atoms with Crippen LogP contribution in [0.1, 0.15) is 0 Å². The molecule has 0 spiro atoms. The minimum absolute atomic E-state index is 0.0117. The number of rotatable bonds is 9. The Balaban J connectivity index is 2.27. The topological polar surface area (TPSA) is 77.1 Å². The summed E-state index contributed by atoms with van der Waals surface area (Å²) in [6, 6.07) is 9.59. The highest BCUT2D eigenvalue weighted by Crippen LogP contribution is 2.32. The summed E-state index contributed by atoms with van der Waals surface area (Å²) >= 11 is 3.41. The number of hydrogen-bond acceptors (Lipinski definition) is 6. The van der Waals surface area contributed by atoms with Crippen molar-refractivity contribution in [3.63, 3.8) is 0 Å². The van der Waals surface area contributed by atoms with E-state index < -0.39 is 10.0 Å². The molecule has 2 rings (SSSR count). The molecule has 0 saturated heterocycles. The number of sulfonamides is 1. The quantitative estimate of drug-likeness (QED) is 0.621. The molecular weight excluding hydrogens is 436 g/mol.